The molecule has 0 aliphatic heterocycles. The highest BCUT2D eigenvalue weighted by Crippen LogP contribution is 2.40. The molecule has 0 unspecified atom stereocenters. The summed E-state index contributed by atoms with van der Waals surface area (Å²) in [4.78, 5) is 6.67. The third-order valence-electron chi connectivity index (χ3n) is 2.25. The molecule has 1 aliphatic rings. The van der Waals surface area contributed by atoms with Crippen LogP contribution < -0.4 is 5.73 Å². The summed E-state index contributed by atoms with van der Waals surface area (Å²) < 4.78 is 37.5. The molecule has 16 heavy (non-hydrogen) atoms. The third kappa shape index (κ3) is 2.29. The van der Waals surface area contributed by atoms with Crippen molar-refractivity contribution in [1.29, 1.82) is 0 Å². The van der Waals surface area contributed by atoms with E-state index < -0.39 is 12.0 Å². The molecule has 86 valence electrons. The first kappa shape index (κ1) is 11.3. The van der Waals surface area contributed by atoms with Gasteiger partial charge in [0.25, 0.3) is 0 Å². The molecule has 0 atom stereocenters. The van der Waals surface area contributed by atoms with Crippen LogP contribution in [0, 0.1) is 0 Å². The highest BCUT2D eigenvalue weighted by Gasteiger charge is 2.37. The summed E-state index contributed by atoms with van der Waals surface area (Å²) in [6.45, 7) is 0. The molecular weight excluding hydrogens is 239 g/mol. The summed E-state index contributed by atoms with van der Waals surface area (Å²) in [5, 5.41) is 0. The van der Waals surface area contributed by atoms with E-state index in [1.54, 1.807) is 0 Å². The van der Waals surface area contributed by atoms with Crippen LogP contribution in [-0.4, -0.2) is 15.0 Å². The number of rotatable bonds is 2. The summed E-state index contributed by atoms with van der Waals surface area (Å²) >= 11 is 4.63. The Labute approximate surface area is 94.9 Å². The molecule has 1 aromatic heterocycles. The van der Waals surface area contributed by atoms with Crippen LogP contribution in [0.4, 0.5) is 13.2 Å². The first-order chi connectivity index (χ1) is 7.38. The lowest BCUT2D eigenvalue weighted by Crippen LogP contribution is -2.19. The quantitative estimate of drug-likeness (QED) is 0.812. The molecule has 1 saturated carbocycles. The van der Waals surface area contributed by atoms with Gasteiger partial charge in [0.1, 0.15) is 10.7 Å². The molecule has 1 aromatic rings. The fourth-order valence-corrected chi connectivity index (χ4v) is 1.41. The monoisotopic (exact) mass is 247 g/mol. The lowest BCUT2D eigenvalue weighted by Gasteiger charge is -2.08. The molecule has 7 heteroatoms. The van der Waals surface area contributed by atoms with E-state index in [4.69, 9.17) is 5.73 Å². The number of nitrogens with two attached hydrogens (primary N) is 1. The van der Waals surface area contributed by atoms with Crippen LogP contribution in [0.5, 0.6) is 0 Å². The molecule has 1 heterocycles. The SMILES string of the molecule is NC(=S)c1cc(C2CC2)nc(C(F)(F)F)n1. The van der Waals surface area contributed by atoms with E-state index in [0.29, 0.717) is 5.69 Å². The van der Waals surface area contributed by atoms with Crippen molar-refractivity contribution in [3.63, 3.8) is 0 Å². The maximum Gasteiger partial charge on any atom is 0.451 e. The highest BCUT2D eigenvalue weighted by atomic mass is 32.1. The Morgan fingerprint density at radius 3 is 2.44 bits per heavy atom. The molecule has 1 aliphatic carbocycles. The van der Waals surface area contributed by atoms with E-state index >= 15 is 0 Å². The van der Waals surface area contributed by atoms with E-state index in [9.17, 15) is 13.2 Å². The van der Waals surface area contributed by atoms with Gasteiger partial charge in [-0.2, -0.15) is 13.2 Å². The molecule has 0 saturated heterocycles. The first-order valence-electron chi connectivity index (χ1n) is 4.64. The fourth-order valence-electron chi connectivity index (χ4n) is 1.31. The number of alkyl halides is 3. The van der Waals surface area contributed by atoms with E-state index in [2.05, 4.69) is 22.2 Å². The predicted molar refractivity (Wildman–Crippen MR) is 54.9 cm³/mol. The average Bonchev–Trinajstić information content (AvgIpc) is 2.98. The minimum atomic E-state index is -4.57. The molecule has 0 bridgehead atoms. The minimum Gasteiger partial charge on any atom is -0.388 e. The van der Waals surface area contributed by atoms with Gasteiger partial charge in [0.2, 0.25) is 5.82 Å². The first-order valence-corrected chi connectivity index (χ1v) is 5.04. The fraction of sp³-hybridized carbons (Fsp3) is 0.444. The maximum atomic E-state index is 12.5. The summed E-state index contributed by atoms with van der Waals surface area (Å²) in [6.07, 6.45) is -2.86. The largest absolute Gasteiger partial charge is 0.451 e. The van der Waals surface area contributed by atoms with Crippen molar-refractivity contribution in [1.82, 2.24) is 9.97 Å². The lowest BCUT2D eigenvalue weighted by molar-refractivity contribution is -0.145. The van der Waals surface area contributed by atoms with Gasteiger partial charge in [0.05, 0.1) is 0 Å². The van der Waals surface area contributed by atoms with Gasteiger partial charge in [-0.3, -0.25) is 0 Å². The molecule has 0 radical (unpaired) electrons. The van der Waals surface area contributed by atoms with Crippen molar-refractivity contribution in [2.75, 3.05) is 0 Å². The van der Waals surface area contributed by atoms with Crippen LogP contribution >= 0.6 is 12.2 Å². The van der Waals surface area contributed by atoms with E-state index in [-0.39, 0.29) is 16.6 Å². The zero-order chi connectivity index (χ0) is 11.9. The third-order valence-corrected chi connectivity index (χ3v) is 2.46. The number of thiocarbonyl (C=S) groups is 1. The Bertz CT molecular complexity index is 440. The highest BCUT2D eigenvalue weighted by molar-refractivity contribution is 7.80. The van der Waals surface area contributed by atoms with Crippen LogP contribution in [-0.2, 0) is 6.18 Å². The van der Waals surface area contributed by atoms with Crippen LogP contribution in [0.1, 0.15) is 36.0 Å². The van der Waals surface area contributed by atoms with Gasteiger partial charge in [0, 0.05) is 11.6 Å². The van der Waals surface area contributed by atoms with Crippen molar-refractivity contribution in [2.45, 2.75) is 24.9 Å². The topological polar surface area (TPSA) is 51.8 Å². The van der Waals surface area contributed by atoms with Crippen molar-refractivity contribution in [2.24, 2.45) is 5.73 Å². The van der Waals surface area contributed by atoms with Gasteiger partial charge >= 0.3 is 6.18 Å². The Morgan fingerprint density at radius 2 is 2.00 bits per heavy atom. The Hall–Kier alpha value is -1.24. The van der Waals surface area contributed by atoms with Gasteiger partial charge in [0.15, 0.2) is 0 Å². The molecule has 1 fully saturated rings. The smallest absolute Gasteiger partial charge is 0.388 e. The molecule has 3 nitrogen and oxygen atoms in total. The van der Waals surface area contributed by atoms with Crippen LogP contribution in [0.3, 0.4) is 0 Å². The zero-order valence-corrected chi connectivity index (χ0v) is 8.90. The standard InChI is InChI=1S/C9H8F3N3S/c10-9(11,12)8-14-5(4-1-2-4)3-6(15-8)7(13)16/h3-4H,1-2H2,(H2,13,16). The van der Waals surface area contributed by atoms with Crippen molar-refractivity contribution in [3.8, 4) is 0 Å². The summed E-state index contributed by atoms with van der Waals surface area (Å²) in [5.41, 5.74) is 5.65. The Balaban J connectivity index is 2.48. The second kappa shape index (κ2) is 3.65. The number of aromatic nitrogens is 2. The molecular formula is C9H8F3N3S. The predicted octanol–water partition coefficient (Wildman–Crippen LogP) is 2.01. The van der Waals surface area contributed by atoms with Crippen LogP contribution in [0.15, 0.2) is 6.07 Å². The normalized spacial score (nSPS) is 16.2. The summed E-state index contributed by atoms with van der Waals surface area (Å²) in [5.74, 6) is -1.07. The maximum absolute atomic E-state index is 12.5. The van der Waals surface area contributed by atoms with E-state index in [1.807, 2.05) is 0 Å². The van der Waals surface area contributed by atoms with Crippen LogP contribution in [0.25, 0.3) is 0 Å². The minimum absolute atomic E-state index is 0.0146. The van der Waals surface area contributed by atoms with Crippen LogP contribution in [0.2, 0.25) is 0 Å². The van der Waals surface area contributed by atoms with Gasteiger partial charge < -0.3 is 5.73 Å². The number of nitrogens with zero attached hydrogens (tertiary/aromatic N) is 2. The second-order valence-electron chi connectivity index (χ2n) is 3.64. The van der Waals surface area contributed by atoms with Crippen molar-refractivity contribution >= 4 is 17.2 Å². The Kier molecular flexibility index (Phi) is 2.57. The average molecular weight is 247 g/mol. The molecule has 2 N–H and O–H groups in total. The Morgan fingerprint density at radius 1 is 1.38 bits per heavy atom. The van der Waals surface area contributed by atoms with Crippen molar-refractivity contribution < 1.29 is 13.2 Å². The summed E-state index contributed by atoms with van der Waals surface area (Å²) in [7, 11) is 0. The molecule has 0 amide bonds. The number of hydrogen-bond donors (Lipinski definition) is 1. The number of hydrogen-bond acceptors (Lipinski definition) is 3. The van der Waals surface area contributed by atoms with Gasteiger partial charge in [-0.05, 0) is 18.9 Å². The van der Waals surface area contributed by atoms with Crippen molar-refractivity contribution in [3.05, 3.63) is 23.3 Å². The van der Waals surface area contributed by atoms with E-state index in [0.717, 1.165) is 12.8 Å². The number of halogens is 3. The lowest BCUT2D eigenvalue weighted by atomic mass is 10.2. The molecule has 2 rings (SSSR count). The zero-order valence-electron chi connectivity index (χ0n) is 8.08. The summed E-state index contributed by atoms with van der Waals surface area (Å²) in [6, 6.07) is 1.44. The van der Waals surface area contributed by atoms with Gasteiger partial charge in [-0.15, -0.1) is 0 Å². The molecule has 0 aromatic carbocycles. The van der Waals surface area contributed by atoms with Gasteiger partial charge in [-0.1, -0.05) is 12.2 Å². The van der Waals surface area contributed by atoms with Gasteiger partial charge in [-0.25, -0.2) is 9.97 Å². The van der Waals surface area contributed by atoms with E-state index in [1.165, 1.54) is 6.07 Å². The second-order valence-corrected chi connectivity index (χ2v) is 4.08. The molecule has 0 spiro atoms.